The van der Waals surface area contributed by atoms with Gasteiger partial charge >= 0.3 is 11.5 Å². The van der Waals surface area contributed by atoms with Gasteiger partial charge in [0.05, 0.1) is 11.5 Å². The molecule has 1 unspecified atom stereocenters. The molecule has 2 rings (SSSR count). The third-order valence-corrected chi connectivity index (χ3v) is 4.61. The average molecular weight is 378 g/mol. The molecule has 1 fully saturated rings. The van der Waals surface area contributed by atoms with Crippen molar-refractivity contribution in [3.8, 4) is 0 Å². The Morgan fingerprint density at radius 2 is 2.08 bits per heavy atom. The molecule has 0 saturated carbocycles. The number of thioether (sulfide) groups is 1. The van der Waals surface area contributed by atoms with Gasteiger partial charge in [-0.05, 0) is 30.9 Å². The Morgan fingerprint density at radius 1 is 1.40 bits per heavy atom. The van der Waals surface area contributed by atoms with E-state index in [1.165, 1.54) is 12.1 Å². The molecule has 1 aromatic rings. The summed E-state index contributed by atoms with van der Waals surface area (Å²) >= 11 is -0.480. The minimum absolute atomic E-state index is 0.149. The Morgan fingerprint density at radius 3 is 2.68 bits per heavy atom. The molecule has 1 aromatic heterocycles. The lowest BCUT2D eigenvalue weighted by Gasteiger charge is -2.27. The summed E-state index contributed by atoms with van der Waals surface area (Å²) in [7, 11) is 0. The van der Waals surface area contributed by atoms with Crippen molar-refractivity contribution in [3.63, 3.8) is 0 Å². The zero-order valence-corrected chi connectivity index (χ0v) is 13.9. The van der Waals surface area contributed by atoms with Gasteiger partial charge in [-0.15, -0.1) is 0 Å². The van der Waals surface area contributed by atoms with E-state index < -0.39 is 40.1 Å². The van der Waals surface area contributed by atoms with Crippen molar-refractivity contribution in [3.05, 3.63) is 23.9 Å². The number of carboxylic acids is 1. The number of nitrogens with one attached hydrogen (secondary N) is 1. The second-order valence-corrected chi connectivity index (χ2v) is 6.56. The standard InChI is InChI=1S/C15H17F3N2O4S/c16-15(17,18)25-13-10(2-1-5-19-13)12(21)20-8-11(14(22)23)9-3-6-24-7-4-9/h1-2,5,9,11H,3-4,6-8H2,(H,20,21)(H,22,23). The van der Waals surface area contributed by atoms with Crippen LogP contribution in [0.3, 0.4) is 0 Å². The summed E-state index contributed by atoms with van der Waals surface area (Å²) < 4.78 is 42.8. The van der Waals surface area contributed by atoms with Crippen LogP contribution in [0.25, 0.3) is 0 Å². The molecule has 2 heterocycles. The lowest BCUT2D eigenvalue weighted by atomic mass is 9.86. The summed E-state index contributed by atoms with van der Waals surface area (Å²) in [6, 6.07) is 2.57. The zero-order chi connectivity index (χ0) is 18.4. The molecule has 6 nitrogen and oxygen atoms in total. The van der Waals surface area contributed by atoms with Crippen LogP contribution < -0.4 is 5.32 Å². The van der Waals surface area contributed by atoms with Gasteiger partial charge in [-0.3, -0.25) is 9.59 Å². The van der Waals surface area contributed by atoms with E-state index in [1.807, 2.05) is 0 Å². The topological polar surface area (TPSA) is 88.5 Å². The van der Waals surface area contributed by atoms with Crippen molar-refractivity contribution in [2.75, 3.05) is 19.8 Å². The quantitative estimate of drug-likeness (QED) is 0.740. The molecule has 1 aliphatic heterocycles. The van der Waals surface area contributed by atoms with Crippen molar-refractivity contribution >= 4 is 23.6 Å². The van der Waals surface area contributed by atoms with E-state index in [-0.39, 0.29) is 18.0 Å². The highest BCUT2D eigenvalue weighted by atomic mass is 32.2. The first-order chi connectivity index (χ1) is 11.8. The number of amides is 1. The smallest absolute Gasteiger partial charge is 0.447 e. The van der Waals surface area contributed by atoms with Crippen LogP contribution in [0.2, 0.25) is 0 Å². The lowest BCUT2D eigenvalue weighted by molar-refractivity contribution is -0.144. The van der Waals surface area contributed by atoms with E-state index in [4.69, 9.17) is 4.74 Å². The molecule has 25 heavy (non-hydrogen) atoms. The second kappa shape index (κ2) is 8.52. The highest BCUT2D eigenvalue weighted by Crippen LogP contribution is 2.37. The monoisotopic (exact) mass is 378 g/mol. The maximum atomic E-state index is 12.5. The predicted molar refractivity (Wildman–Crippen MR) is 83.2 cm³/mol. The summed E-state index contributed by atoms with van der Waals surface area (Å²) in [5.74, 6) is -2.80. The number of halogens is 3. The fraction of sp³-hybridized carbons (Fsp3) is 0.533. The van der Waals surface area contributed by atoms with E-state index in [9.17, 15) is 27.9 Å². The third kappa shape index (κ3) is 5.89. The summed E-state index contributed by atoms with van der Waals surface area (Å²) in [5.41, 5.74) is -4.81. The predicted octanol–water partition coefficient (Wildman–Crippen LogP) is 2.55. The van der Waals surface area contributed by atoms with E-state index in [1.54, 1.807) is 0 Å². The zero-order valence-electron chi connectivity index (χ0n) is 13.1. The van der Waals surface area contributed by atoms with Gasteiger partial charge in [0.2, 0.25) is 0 Å². The number of hydrogen-bond donors (Lipinski definition) is 2. The van der Waals surface area contributed by atoms with Gasteiger partial charge in [0, 0.05) is 37.7 Å². The molecule has 10 heteroatoms. The van der Waals surface area contributed by atoms with Gasteiger partial charge in [-0.1, -0.05) is 0 Å². The number of aromatic nitrogens is 1. The van der Waals surface area contributed by atoms with Crippen molar-refractivity contribution in [2.45, 2.75) is 23.4 Å². The minimum Gasteiger partial charge on any atom is -0.481 e. The first kappa shape index (κ1) is 19.5. The van der Waals surface area contributed by atoms with Crippen molar-refractivity contribution in [1.29, 1.82) is 0 Å². The molecule has 0 bridgehead atoms. The highest BCUT2D eigenvalue weighted by Gasteiger charge is 2.33. The molecular weight excluding hydrogens is 361 g/mol. The average Bonchev–Trinajstić information content (AvgIpc) is 2.54. The molecule has 0 aliphatic carbocycles. The Bertz CT molecular complexity index is 621. The maximum absolute atomic E-state index is 12.5. The van der Waals surface area contributed by atoms with Gasteiger partial charge < -0.3 is 15.2 Å². The second-order valence-electron chi connectivity index (χ2n) is 5.51. The van der Waals surface area contributed by atoms with E-state index in [0.29, 0.717) is 26.1 Å². The molecule has 0 aromatic carbocycles. The SMILES string of the molecule is O=C(NCC(C(=O)O)C1CCOCC1)c1cccnc1SC(F)(F)F. The largest absolute Gasteiger partial charge is 0.481 e. The highest BCUT2D eigenvalue weighted by molar-refractivity contribution is 8.00. The minimum atomic E-state index is -4.57. The summed E-state index contributed by atoms with van der Waals surface area (Å²) in [5, 5.41) is 11.3. The number of pyridine rings is 1. The first-order valence-electron chi connectivity index (χ1n) is 7.57. The van der Waals surface area contributed by atoms with Gasteiger partial charge in [0.15, 0.2) is 0 Å². The van der Waals surface area contributed by atoms with Crippen LogP contribution in [0.1, 0.15) is 23.2 Å². The molecule has 1 aliphatic rings. The van der Waals surface area contributed by atoms with Crippen LogP contribution in [0.4, 0.5) is 13.2 Å². The number of carbonyl (C=O) groups excluding carboxylic acids is 1. The third-order valence-electron chi connectivity index (χ3n) is 3.86. The van der Waals surface area contributed by atoms with Gasteiger partial charge in [0.1, 0.15) is 5.03 Å². The summed E-state index contributed by atoms with van der Waals surface area (Å²) in [6.45, 7) is 0.749. The van der Waals surface area contributed by atoms with Crippen LogP contribution in [0.5, 0.6) is 0 Å². The Kier molecular flexibility index (Phi) is 6.65. The normalized spacial score (nSPS) is 17.1. The van der Waals surface area contributed by atoms with Gasteiger partial charge in [-0.25, -0.2) is 4.98 Å². The molecule has 2 N–H and O–H groups in total. The van der Waals surface area contributed by atoms with Crippen LogP contribution in [-0.2, 0) is 9.53 Å². The number of nitrogens with zero attached hydrogens (tertiary/aromatic N) is 1. The number of hydrogen-bond acceptors (Lipinski definition) is 5. The van der Waals surface area contributed by atoms with Crippen molar-refractivity contribution < 1.29 is 32.6 Å². The fourth-order valence-corrected chi connectivity index (χ4v) is 3.23. The Labute approximate surface area is 146 Å². The first-order valence-corrected chi connectivity index (χ1v) is 8.39. The Balaban J connectivity index is 2.04. The molecular formula is C15H17F3N2O4S. The molecule has 0 radical (unpaired) electrons. The van der Waals surface area contributed by atoms with Crippen LogP contribution in [0, 0.1) is 11.8 Å². The fourth-order valence-electron chi connectivity index (χ4n) is 2.63. The van der Waals surface area contributed by atoms with Crippen LogP contribution >= 0.6 is 11.8 Å². The number of ether oxygens (including phenoxy) is 1. The molecule has 1 atom stereocenters. The number of aliphatic carboxylic acids is 1. The summed E-state index contributed by atoms with van der Waals surface area (Å²) in [4.78, 5) is 27.2. The van der Waals surface area contributed by atoms with E-state index >= 15 is 0 Å². The molecule has 138 valence electrons. The Hall–Kier alpha value is -1.81. The molecule has 1 amide bonds. The van der Waals surface area contributed by atoms with Crippen LogP contribution in [0.15, 0.2) is 23.4 Å². The number of carbonyl (C=O) groups is 2. The van der Waals surface area contributed by atoms with Crippen molar-refractivity contribution in [1.82, 2.24) is 10.3 Å². The van der Waals surface area contributed by atoms with Gasteiger partial charge in [0.25, 0.3) is 5.91 Å². The van der Waals surface area contributed by atoms with Crippen molar-refractivity contribution in [2.24, 2.45) is 11.8 Å². The summed E-state index contributed by atoms with van der Waals surface area (Å²) in [6.07, 6.45) is 2.29. The molecule has 0 spiro atoms. The lowest BCUT2D eigenvalue weighted by Crippen LogP contribution is -2.39. The number of rotatable bonds is 6. The van der Waals surface area contributed by atoms with Crippen LogP contribution in [-0.4, -0.2) is 47.2 Å². The van der Waals surface area contributed by atoms with E-state index in [2.05, 4.69) is 10.3 Å². The van der Waals surface area contributed by atoms with E-state index in [0.717, 1.165) is 6.20 Å². The maximum Gasteiger partial charge on any atom is 0.447 e. The number of carboxylic acid groups (broad SMARTS) is 1. The molecule has 1 saturated heterocycles. The number of alkyl halides is 3. The van der Waals surface area contributed by atoms with Gasteiger partial charge in [-0.2, -0.15) is 13.2 Å².